The second-order valence-electron chi connectivity index (χ2n) is 3.55. The van der Waals surface area contributed by atoms with Gasteiger partial charge in [0.1, 0.15) is 0 Å². The normalized spacial score (nSPS) is 10.6. The number of carbonyl (C=O) groups is 1. The highest BCUT2D eigenvalue weighted by Crippen LogP contribution is 2.09. The van der Waals surface area contributed by atoms with E-state index in [0.717, 1.165) is 5.56 Å². The van der Waals surface area contributed by atoms with Crippen LogP contribution >= 0.6 is 0 Å². The van der Waals surface area contributed by atoms with Gasteiger partial charge < -0.3 is 0 Å². The van der Waals surface area contributed by atoms with Crippen molar-refractivity contribution in [1.82, 2.24) is 4.72 Å². The molecule has 1 rings (SSSR count). The summed E-state index contributed by atoms with van der Waals surface area (Å²) in [6.45, 7) is 1.85. The van der Waals surface area contributed by atoms with Crippen LogP contribution in [-0.4, -0.2) is 14.3 Å². The first-order valence-electron chi connectivity index (χ1n) is 5.01. The molecule has 1 N–H and O–H groups in total. The number of benzene rings is 1. The Hall–Kier alpha value is -1.80. The predicted molar refractivity (Wildman–Crippen MR) is 64.6 cm³/mol. The zero-order valence-electron chi connectivity index (χ0n) is 9.43. The van der Waals surface area contributed by atoms with E-state index in [9.17, 15) is 13.2 Å². The fraction of sp³-hybridized carbons (Fsp3) is 0.250. The lowest BCUT2D eigenvalue weighted by Crippen LogP contribution is -2.30. The first-order chi connectivity index (χ1) is 7.95. The maximum absolute atomic E-state index is 11.7. The number of hydrogen-bond donors (Lipinski definition) is 1. The molecule has 17 heavy (non-hydrogen) atoms. The van der Waals surface area contributed by atoms with E-state index in [-0.39, 0.29) is 17.7 Å². The van der Waals surface area contributed by atoms with Crippen molar-refractivity contribution in [2.24, 2.45) is 0 Å². The van der Waals surface area contributed by atoms with E-state index >= 15 is 0 Å². The summed E-state index contributed by atoms with van der Waals surface area (Å²) in [4.78, 5) is 11.3. The van der Waals surface area contributed by atoms with Crippen LogP contribution in [0.2, 0.25) is 0 Å². The second-order valence-corrected chi connectivity index (χ2v) is 5.23. The quantitative estimate of drug-likeness (QED) is 0.818. The van der Waals surface area contributed by atoms with Gasteiger partial charge in [-0.3, -0.25) is 4.79 Å². The van der Waals surface area contributed by atoms with Gasteiger partial charge in [0.25, 0.3) is 10.0 Å². The molecule has 4 nitrogen and oxygen atoms in total. The van der Waals surface area contributed by atoms with E-state index in [1.54, 1.807) is 12.1 Å². The lowest BCUT2D eigenvalue weighted by Gasteiger charge is -2.06. The Morgan fingerprint density at radius 3 is 2.47 bits per heavy atom. The summed E-state index contributed by atoms with van der Waals surface area (Å²) < 4.78 is 25.4. The van der Waals surface area contributed by atoms with Gasteiger partial charge in [-0.25, -0.2) is 13.1 Å². The smallest absolute Gasteiger partial charge is 0.264 e. The molecule has 1 aromatic rings. The van der Waals surface area contributed by atoms with Crippen LogP contribution in [0.4, 0.5) is 0 Å². The molecule has 0 spiro atoms. The second kappa shape index (κ2) is 5.51. The van der Waals surface area contributed by atoms with Gasteiger partial charge in [0.15, 0.2) is 0 Å². The number of nitrogens with one attached hydrogen (secondary N) is 1. The highest BCUT2D eigenvalue weighted by molar-refractivity contribution is 7.90. The largest absolute Gasteiger partial charge is 0.274 e. The summed E-state index contributed by atoms with van der Waals surface area (Å²) in [5, 5.41) is 0. The maximum atomic E-state index is 11.7. The van der Waals surface area contributed by atoms with Crippen LogP contribution in [-0.2, 0) is 14.8 Å². The summed E-state index contributed by atoms with van der Waals surface area (Å²) in [5.41, 5.74) is 0.947. The highest BCUT2D eigenvalue weighted by Gasteiger charge is 2.16. The Balaban J connectivity index is 2.79. The summed E-state index contributed by atoms with van der Waals surface area (Å²) in [7, 11) is -3.77. The highest BCUT2D eigenvalue weighted by atomic mass is 32.2. The molecule has 5 heteroatoms. The van der Waals surface area contributed by atoms with Gasteiger partial charge in [-0.05, 0) is 19.1 Å². The molecule has 0 bridgehead atoms. The van der Waals surface area contributed by atoms with Crippen molar-refractivity contribution in [3.8, 4) is 12.3 Å². The van der Waals surface area contributed by atoms with Crippen LogP contribution in [0.3, 0.4) is 0 Å². The van der Waals surface area contributed by atoms with Crippen LogP contribution in [0.15, 0.2) is 29.2 Å². The fourth-order valence-corrected chi connectivity index (χ4v) is 2.18. The average molecular weight is 251 g/mol. The summed E-state index contributed by atoms with van der Waals surface area (Å²) in [6.07, 6.45) is 5.21. The SMILES string of the molecule is C#CCCC(=O)NS(=O)(=O)c1ccc(C)cc1. The van der Waals surface area contributed by atoms with Gasteiger partial charge in [0, 0.05) is 12.8 Å². The van der Waals surface area contributed by atoms with Gasteiger partial charge in [0.2, 0.25) is 5.91 Å². The number of amides is 1. The van der Waals surface area contributed by atoms with Crippen molar-refractivity contribution in [1.29, 1.82) is 0 Å². The molecule has 0 aliphatic heterocycles. The summed E-state index contributed by atoms with van der Waals surface area (Å²) in [5.74, 6) is 1.68. The molecule has 0 atom stereocenters. The Morgan fingerprint density at radius 2 is 1.94 bits per heavy atom. The molecule has 0 saturated carbocycles. The van der Waals surface area contributed by atoms with Crippen LogP contribution < -0.4 is 4.72 Å². The standard InChI is InChI=1S/C12H13NO3S/c1-3-4-5-12(14)13-17(15,16)11-8-6-10(2)7-9-11/h1,6-9H,4-5H2,2H3,(H,13,14). The Kier molecular flexibility index (Phi) is 4.30. The van der Waals surface area contributed by atoms with Gasteiger partial charge >= 0.3 is 0 Å². The topological polar surface area (TPSA) is 63.2 Å². The average Bonchev–Trinajstić information content (AvgIpc) is 2.26. The van der Waals surface area contributed by atoms with E-state index in [2.05, 4.69) is 5.92 Å². The van der Waals surface area contributed by atoms with E-state index < -0.39 is 15.9 Å². The molecule has 0 saturated heterocycles. The lowest BCUT2D eigenvalue weighted by molar-refractivity contribution is -0.119. The molecule has 1 amide bonds. The number of sulfonamides is 1. The number of aryl methyl sites for hydroxylation is 1. The van der Waals surface area contributed by atoms with Crippen LogP contribution in [0.5, 0.6) is 0 Å². The molecule has 0 heterocycles. The van der Waals surface area contributed by atoms with Crippen LogP contribution in [0, 0.1) is 19.3 Å². The third-order valence-corrected chi connectivity index (χ3v) is 3.47. The molecule has 0 unspecified atom stereocenters. The summed E-state index contributed by atoms with van der Waals surface area (Å²) >= 11 is 0. The Labute approximate surface area is 101 Å². The number of rotatable bonds is 4. The van der Waals surface area contributed by atoms with Crippen molar-refractivity contribution in [3.05, 3.63) is 29.8 Å². The molecule has 0 radical (unpaired) electrons. The van der Waals surface area contributed by atoms with E-state index in [1.165, 1.54) is 12.1 Å². The monoisotopic (exact) mass is 251 g/mol. The Bertz CT molecular complexity index is 538. The zero-order chi connectivity index (χ0) is 12.9. The molecule has 0 aromatic heterocycles. The predicted octanol–water partition coefficient (Wildman–Crippen LogP) is 1.21. The first-order valence-corrected chi connectivity index (χ1v) is 6.50. The molecular formula is C12H13NO3S. The molecule has 0 aliphatic carbocycles. The molecule has 90 valence electrons. The minimum atomic E-state index is -3.77. The molecular weight excluding hydrogens is 238 g/mol. The number of terminal acetylenes is 1. The van der Waals surface area contributed by atoms with E-state index in [4.69, 9.17) is 6.42 Å². The van der Waals surface area contributed by atoms with Crippen LogP contribution in [0.1, 0.15) is 18.4 Å². The van der Waals surface area contributed by atoms with Gasteiger partial charge in [-0.2, -0.15) is 0 Å². The number of carbonyl (C=O) groups excluding carboxylic acids is 1. The maximum Gasteiger partial charge on any atom is 0.264 e. The molecule has 0 aliphatic rings. The summed E-state index contributed by atoms with van der Waals surface area (Å²) in [6, 6.07) is 6.24. The number of hydrogen-bond acceptors (Lipinski definition) is 3. The van der Waals surface area contributed by atoms with Crippen molar-refractivity contribution in [2.75, 3.05) is 0 Å². The van der Waals surface area contributed by atoms with E-state index in [0.29, 0.717) is 0 Å². The van der Waals surface area contributed by atoms with Gasteiger partial charge in [-0.1, -0.05) is 17.7 Å². The fourth-order valence-electron chi connectivity index (χ4n) is 1.16. The third-order valence-electron chi connectivity index (χ3n) is 2.08. The van der Waals surface area contributed by atoms with Crippen molar-refractivity contribution < 1.29 is 13.2 Å². The van der Waals surface area contributed by atoms with Crippen molar-refractivity contribution in [3.63, 3.8) is 0 Å². The van der Waals surface area contributed by atoms with Gasteiger partial charge in [0.05, 0.1) is 4.90 Å². The third kappa shape index (κ3) is 3.93. The Morgan fingerprint density at radius 1 is 1.35 bits per heavy atom. The minimum Gasteiger partial charge on any atom is -0.274 e. The minimum absolute atomic E-state index is 0.00158. The molecule has 0 fully saturated rings. The van der Waals surface area contributed by atoms with E-state index in [1.807, 2.05) is 11.6 Å². The first kappa shape index (κ1) is 13.3. The zero-order valence-corrected chi connectivity index (χ0v) is 10.3. The van der Waals surface area contributed by atoms with Crippen molar-refractivity contribution in [2.45, 2.75) is 24.7 Å². The van der Waals surface area contributed by atoms with Gasteiger partial charge in [-0.15, -0.1) is 12.3 Å². The van der Waals surface area contributed by atoms with Crippen molar-refractivity contribution >= 4 is 15.9 Å². The molecule has 1 aromatic carbocycles. The lowest BCUT2D eigenvalue weighted by atomic mass is 10.2. The van der Waals surface area contributed by atoms with Crippen LogP contribution in [0.25, 0.3) is 0 Å².